The molecule has 0 radical (unpaired) electrons. The van der Waals surface area contributed by atoms with Crippen LogP contribution >= 0.6 is 0 Å². The molecular weight excluding hydrogens is 252 g/mol. The fraction of sp³-hybridized carbons (Fsp3) is 0.357. The second-order valence-corrected chi connectivity index (χ2v) is 5.17. The van der Waals surface area contributed by atoms with Crippen molar-refractivity contribution in [2.24, 2.45) is 0 Å². The number of fused-ring (bicyclic) bond motifs is 2. The quantitative estimate of drug-likeness (QED) is 0.771. The number of hydrogen-bond acceptors (Lipinski definition) is 4. The van der Waals surface area contributed by atoms with Gasteiger partial charge < -0.3 is 9.72 Å². The van der Waals surface area contributed by atoms with E-state index in [4.69, 9.17) is 0 Å². The summed E-state index contributed by atoms with van der Waals surface area (Å²) in [6, 6.07) is 6.48. The van der Waals surface area contributed by atoms with Crippen LogP contribution in [-0.4, -0.2) is 30.2 Å². The van der Waals surface area contributed by atoms with Gasteiger partial charge in [-0.25, -0.2) is 14.6 Å². The number of rotatable bonds is 3. The van der Waals surface area contributed by atoms with Crippen molar-refractivity contribution in [3.8, 4) is 0 Å². The molecule has 0 fully saturated rings. The van der Waals surface area contributed by atoms with Crippen LogP contribution in [0.5, 0.6) is 0 Å². The SMILES string of the molecule is c1ccn2cc(CNC3CCc4ncnn4C3)nc2c1. The second-order valence-electron chi connectivity index (χ2n) is 5.17. The predicted octanol–water partition coefficient (Wildman–Crippen LogP) is 1.03. The lowest BCUT2D eigenvalue weighted by Crippen LogP contribution is -2.37. The van der Waals surface area contributed by atoms with Crippen molar-refractivity contribution in [2.45, 2.75) is 32.0 Å². The zero-order valence-electron chi connectivity index (χ0n) is 11.1. The van der Waals surface area contributed by atoms with E-state index >= 15 is 0 Å². The van der Waals surface area contributed by atoms with Crippen molar-refractivity contribution in [1.29, 1.82) is 0 Å². The summed E-state index contributed by atoms with van der Waals surface area (Å²) in [5, 5.41) is 7.81. The number of aromatic nitrogens is 5. The minimum absolute atomic E-state index is 0.439. The van der Waals surface area contributed by atoms with Crippen LogP contribution in [0.15, 0.2) is 36.9 Å². The maximum Gasteiger partial charge on any atom is 0.138 e. The van der Waals surface area contributed by atoms with E-state index in [1.54, 1.807) is 6.33 Å². The van der Waals surface area contributed by atoms with Crippen molar-refractivity contribution in [3.63, 3.8) is 0 Å². The second kappa shape index (κ2) is 4.72. The Morgan fingerprint density at radius 3 is 3.30 bits per heavy atom. The molecule has 4 rings (SSSR count). The van der Waals surface area contributed by atoms with Crippen LogP contribution in [0, 0.1) is 0 Å². The number of imidazole rings is 1. The number of hydrogen-bond donors (Lipinski definition) is 1. The van der Waals surface area contributed by atoms with Crippen LogP contribution in [-0.2, 0) is 19.5 Å². The maximum absolute atomic E-state index is 4.60. The summed E-state index contributed by atoms with van der Waals surface area (Å²) >= 11 is 0. The maximum atomic E-state index is 4.60. The lowest BCUT2D eigenvalue weighted by Gasteiger charge is -2.23. The Bertz CT molecular complexity index is 695. The van der Waals surface area contributed by atoms with E-state index in [-0.39, 0.29) is 0 Å². The molecule has 1 aliphatic rings. The van der Waals surface area contributed by atoms with Gasteiger partial charge in [0.05, 0.1) is 12.2 Å². The highest BCUT2D eigenvalue weighted by atomic mass is 15.3. The van der Waals surface area contributed by atoms with Gasteiger partial charge in [-0.05, 0) is 18.6 Å². The van der Waals surface area contributed by atoms with Gasteiger partial charge in [0.1, 0.15) is 17.8 Å². The van der Waals surface area contributed by atoms with Crippen LogP contribution < -0.4 is 5.32 Å². The first kappa shape index (κ1) is 11.6. The fourth-order valence-corrected chi connectivity index (χ4v) is 2.73. The van der Waals surface area contributed by atoms with Crippen LogP contribution in [0.3, 0.4) is 0 Å². The molecule has 0 bridgehead atoms. The minimum atomic E-state index is 0.439. The molecule has 1 atom stereocenters. The van der Waals surface area contributed by atoms with Crippen LogP contribution in [0.4, 0.5) is 0 Å². The molecule has 4 heterocycles. The summed E-state index contributed by atoms with van der Waals surface area (Å²) in [6.07, 6.45) is 7.83. The van der Waals surface area contributed by atoms with Gasteiger partial charge in [-0.2, -0.15) is 5.10 Å². The van der Waals surface area contributed by atoms with Crippen LogP contribution in [0.25, 0.3) is 5.65 Å². The monoisotopic (exact) mass is 268 g/mol. The van der Waals surface area contributed by atoms with E-state index in [9.17, 15) is 0 Å². The summed E-state index contributed by atoms with van der Waals surface area (Å²) in [5.74, 6) is 1.09. The van der Waals surface area contributed by atoms with Gasteiger partial charge in [-0.3, -0.25) is 0 Å². The molecule has 6 heteroatoms. The van der Waals surface area contributed by atoms with Crippen molar-refractivity contribution >= 4 is 5.65 Å². The Labute approximate surface area is 116 Å². The number of pyridine rings is 1. The standard InChI is InChI=1S/C14H16N6/c1-2-6-19-8-12(18-14(19)3-1)7-15-11-4-5-13-16-10-17-20(13)9-11/h1-3,6,8,10-11,15H,4-5,7,9H2. The number of nitrogens with zero attached hydrogens (tertiary/aromatic N) is 5. The van der Waals surface area contributed by atoms with Crippen LogP contribution in [0.2, 0.25) is 0 Å². The normalized spacial score (nSPS) is 18.3. The molecule has 20 heavy (non-hydrogen) atoms. The Morgan fingerprint density at radius 1 is 1.35 bits per heavy atom. The lowest BCUT2D eigenvalue weighted by atomic mass is 10.1. The van der Waals surface area contributed by atoms with Crippen molar-refractivity contribution < 1.29 is 0 Å². The Hall–Kier alpha value is -2.21. The number of nitrogens with one attached hydrogen (secondary N) is 1. The highest BCUT2D eigenvalue weighted by Crippen LogP contribution is 2.12. The average molecular weight is 268 g/mol. The molecule has 6 nitrogen and oxygen atoms in total. The van der Waals surface area contributed by atoms with E-state index in [1.807, 2.05) is 33.5 Å². The van der Waals surface area contributed by atoms with Gasteiger partial charge in [0.2, 0.25) is 0 Å². The molecule has 3 aromatic heterocycles. The molecule has 0 saturated carbocycles. The first-order valence-corrected chi connectivity index (χ1v) is 6.91. The third-order valence-corrected chi connectivity index (χ3v) is 3.79. The van der Waals surface area contributed by atoms with Gasteiger partial charge in [-0.15, -0.1) is 0 Å². The zero-order chi connectivity index (χ0) is 13.4. The van der Waals surface area contributed by atoms with Gasteiger partial charge in [-0.1, -0.05) is 6.07 Å². The van der Waals surface area contributed by atoms with Crippen LogP contribution in [0.1, 0.15) is 17.9 Å². The minimum Gasteiger partial charge on any atom is -0.307 e. The molecule has 0 aromatic carbocycles. The summed E-state index contributed by atoms with van der Waals surface area (Å²) < 4.78 is 4.04. The van der Waals surface area contributed by atoms with Gasteiger partial charge >= 0.3 is 0 Å². The summed E-state index contributed by atoms with van der Waals surface area (Å²) in [4.78, 5) is 8.84. The molecule has 0 amide bonds. The number of aryl methyl sites for hydroxylation is 1. The molecule has 1 unspecified atom stereocenters. The van der Waals surface area contributed by atoms with Gasteiger partial charge in [0.25, 0.3) is 0 Å². The smallest absolute Gasteiger partial charge is 0.138 e. The Morgan fingerprint density at radius 2 is 2.35 bits per heavy atom. The van der Waals surface area contributed by atoms with E-state index in [1.165, 1.54) is 0 Å². The first-order valence-electron chi connectivity index (χ1n) is 6.91. The molecule has 0 spiro atoms. The van der Waals surface area contributed by atoms with E-state index in [0.717, 1.165) is 43.1 Å². The van der Waals surface area contributed by atoms with Crippen molar-refractivity contribution in [1.82, 2.24) is 29.5 Å². The molecular formula is C14H16N6. The fourth-order valence-electron chi connectivity index (χ4n) is 2.73. The molecule has 102 valence electrons. The first-order chi connectivity index (χ1) is 9.88. The Kier molecular flexibility index (Phi) is 2.74. The summed E-state index contributed by atoms with van der Waals surface area (Å²) in [7, 11) is 0. The third-order valence-electron chi connectivity index (χ3n) is 3.79. The van der Waals surface area contributed by atoms with E-state index in [0.29, 0.717) is 6.04 Å². The molecule has 1 aliphatic heterocycles. The molecule has 0 saturated heterocycles. The van der Waals surface area contributed by atoms with Crippen molar-refractivity contribution in [2.75, 3.05) is 0 Å². The third kappa shape index (κ3) is 2.08. The summed E-state index contributed by atoms with van der Waals surface area (Å²) in [6.45, 7) is 1.68. The van der Waals surface area contributed by atoms with Crippen molar-refractivity contribution in [3.05, 3.63) is 48.4 Å². The average Bonchev–Trinajstić information content (AvgIpc) is 3.10. The summed E-state index contributed by atoms with van der Waals surface area (Å²) in [5.41, 5.74) is 2.06. The topological polar surface area (TPSA) is 60.0 Å². The van der Waals surface area contributed by atoms with Gasteiger partial charge in [0, 0.05) is 31.4 Å². The largest absolute Gasteiger partial charge is 0.307 e. The highest BCUT2D eigenvalue weighted by molar-refractivity contribution is 5.39. The molecule has 1 N–H and O–H groups in total. The van der Waals surface area contributed by atoms with Gasteiger partial charge in [0.15, 0.2) is 0 Å². The van der Waals surface area contributed by atoms with E-state index in [2.05, 4.69) is 26.6 Å². The Balaban J connectivity index is 1.43. The highest BCUT2D eigenvalue weighted by Gasteiger charge is 2.19. The molecule has 0 aliphatic carbocycles. The molecule has 3 aromatic rings. The lowest BCUT2D eigenvalue weighted by molar-refractivity contribution is 0.357. The van der Waals surface area contributed by atoms with E-state index < -0.39 is 0 Å². The predicted molar refractivity (Wildman–Crippen MR) is 74.2 cm³/mol. The zero-order valence-corrected chi connectivity index (χ0v) is 11.1.